The Hall–Kier alpha value is -1.60. The molecule has 0 aliphatic carbocycles. The number of rotatable bonds is 3. The van der Waals surface area contributed by atoms with E-state index in [2.05, 4.69) is 14.7 Å². The summed E-state index contributed by atoms with van der Waals surface area (Å²) in [7, 11) is 0. The van der Waals surface area contributed by atoms with Gasteiger partial charge in [-0.05, 0) is 0 Å². The highest BCUT2D eigenvalue weighted by molar-refractivity contribution is 5.37. The fourth-order valence-corrected chi connectivity index (χ4v) is 1.69. The molecule has 0 bridgehead atoms. The summed E-state index contributed by atoms with van der Waals surface area (Å²) >= 11 is 0. The Morgan fingerprint density at radius 2 is 1.83 bits per heavy atom. The maximum Gasteiger partial charge on any atom is 0.388 e. The molecular weight excluding hydrogens is 254 g/mol. The second-order valence-electron chi connectivity index (χ2n) is 3.93. The number of alkyl halides is 4. The van der Waals surface area contributed by atoms with Crippen molar-refractivity contribution in [3.05, 3.63) is 12.4 Å². The van der Waals surface area contributed by atoms with Gasteiger partial charge in [0.25, 0.3) is 5.92 Å². The molecule has 0 unspecified atom stereocenters. The van der Waals surface area contributed by atoms with Crippen molar-refractivity contribution >= 4 is 5.82 Å². The summed E-state index contributed by atoms with van der Waals surface area (Å²) in [6, 6.07) is 0. The van der Waals surface area contributed by atoms with Crippen LogP contribution in [0.25, 0.3) is 0 Å². The molecule has 1 aliphatic heterocycles. The van der Waals surface area contributed by atoms with E-state index in [0.29, 0.717) is 5.82 Å². The highest BCUT2D eigenvalue weighted by Crippen LogP contribution is 2.29. The smallest absolute Gasteiger partial charge is 0.388 e. The van der Waals surface area contributed by atoms with Gasteiger partial charge in [0.05, 0.1) is 12.4 Å². The first-order chi connectivity index (χ1) is 8.46. The molecular formula is C10H11F4N3O. The van der Waals surface area contributed by atoms with Crippen LogP contribution < -0.4 is 9.64 Å². The van der Waals surface area contributed by atoms with Crippen LogP contribution in [0.15, 0.2) is 12.4 Å². The van der Waals surface area contributed by atoms with Gasteiger partial charge >= 0.3 is 6.61 Å². The Labute approximate surface area is 101 Å². The summed E-state index contributed by atoms with van der Waals surface area (Å²) < 4.78 is 53.7. The molecule has 100 valence electrons. The summed E-state index contributed by atoms with van der Waals surface area (Å²) in [5.74, 6) is -2.55. The van der Waals surface area contributed by atoms with Gasteiger partial charge in [-0.2, -0.15) is 8.78 Å². The van der Waals surface area contributed by atoms with E-state index in [0.717, 1.165) is 6.20 Å². The van der Waals surface area contributed by atoms with Crippen LogP contribution in [0.1, 0.15) is 12.8 Å². The molecule has 1 aromatic heterocycles. The van der Waals surface area contributed by atoms with Gasteiger partial charge in [-0.25, -0.2) is 18.7 Å². The van der Waals surface area contributed by atoms with E-state index in [1.54, 1.807) is 4.90 Å². The SMILES string of the molecule is FC(F)Oc1cnc(N2CCC(F)(F)CC2)cn1. The second-order valence-corrected chi connectivity index (χ2v) is 3.93. The molecule has 18 heavy (non-hydrogen) atoms. The van der Waals surface area contributed by atoms with Gasteiger partial charge in [0.2, 0.25) is 5.88 Å². The van der Waals surface area contributed by atoms with Gasteiger partial charge in [-0.3, -0.25) is 0 Å². The molecule has 1 fully saturated rings. The van der Waals surface area contributed by atoms with Gasteiger partial charge < -0.3 is 9.64 Å². The van der Waals surface area contributed by atoms with Crippen molar-refractivity contribution in [3.8, 4) is 5.88 Å². The lowest BCUT2D eigenvalue weighted by Gasteiger charge is -2.32. The fraction of sp³-hybridized carbons (Fsp3) is 0.600. The van der Waals surface area contributed by atoms with Gasteiger partial charge in [0, 0.05) is 25.9 Å². The number of nitrogens with zero attached hydrogens (tertiary/aromatic N) is 3. The number of hydrogen-bond acceptors (Lipinski definition) is 4. The lowest BCUT2D eigenvalue weighted by Crippen LogP contribution is -2.39. The number of ether oxygens (including phenoxy) is 1. The van der Waals surface area contributed by atoms with Crippen LogP contribution in [-0.2, 0) is 0 Å². The van der Waals surface area contributed by atoms with E-state index in [-0.39, 0.29) is 31.8 Å². The molecule has 0 amide bonds. The summed E-state index contributed by atoms with van der Waals surface area (Å²) in [6.07, 6.45) is 1.79. The van der Waals surface area contributed by atoms with Crippen molar-refractivity contribution in [2.75, 3.05) is 18.0 Å². The van der Waals surface area contributed by atoms with Gasteiger partial charge in [0.1, 0.15) is 5.82 Å². The molecule has 0 atom stereocenters. The summed E-state index contributed by atoms with van der Waals surface area (Å²) in [5, 5.41) is 0. The Balaban J connectivity index is 1.98. The predicted octanol–water partition coefficient (Wildman–Crippen LogP) is 2.31. The zero-order chi connectivity index (χ0) is 13.2. The third-order valence-corrected chi connectivity index (χ3v) is 2.64. The van der Waals surface area contributed by atoms with Crippen LogP contribution in [0, 0.1) is 0 Å². The first-order valence-electron chi connectivity index (χ1n) is 5.36. The van der Waals surface area contributed by atoms with Crippen molar-refractivity contribution in [2.24, 2.45) is 0 Å². The molecule has 0 aromatic carbocycles. The lowest BCUT2D eigenvalue weighted by molar-refractivity contribution is -0.0531. The van der Waals surface area contributed by atoms with Crippen LogP contribution in [-0.4, -0.2) is 35.6 Å². The summed E-state index contributed by atoms with van der Waals surface area (Å²) in [4.78, 5) is 9.14. The van der Waals surface area contributed by atoms with Crippen LogP contribution in [0.3, 0.4) is 0 Å². The molecule has 1 aliphatic rings. The average molecular weight is 265 g/mol. The van der Waals surface area contributed by atoms with Gasteiger partial charge in [-0.15, -0.1) is 0 Å². The molecule has 0 N–H and O–H groups in total. The average Bonchev–Trinajstić information content (AvgIpc) is 2.30. The zero-order valence-corrected chi connectivity index (χ0v) is 9.32. The standard InChI is InChI=1S/C10H11F4N3O/c11-9(12)18-8-6-15-7(5-16-8)17-3-1-10(13,14)2-4-17/h5-6,9H,1-4H2. The number of anilines is 1. The molecule has 0 radical (unpaired) electrons. The zero-order valence-electron chi connectivity index (χ0n) is 9.32. The minimum absolute atomic E-state index is 0.163. The normalized spacial score (nSPS) is 19.1. The molecule has 0 saturated carbocycles. The van der Waals surface area contributed by atoms with E-state index in [1.165, 1.54) is 6.20 Å². The number of halogens is 4. The quantitative estimate of drug-likeness (QED) is 0.786. The lowest BCUT2D eigenvalue weighted by atomic mass is 10.1. The van der Waals surface area contributed by atoms with E-state index < -0.39 is 12.5 Å². The molecule has 2 heterocycles. The number of piperidine rings is 1. The molecule has 1 aromatic rings. The summed E-state index contributed by atoms with van der Waals surface area (Å²) in [5.41, 5.74) is 0. The molecule has 2 rings (SSSR count). The van der Waals surface area contributed by atoms with Gasteiger partial charge in [0.15, 0.2) is 0 Å². The highest BCUT2D eigenvalue weighted by Gasteiger charge is 2.34. The monoisotopic (exact) mass is 265 g/mol. The Morgan fingerprint density at radius 1 is 1.17 bits per heavy atom. The maximum absolute atomic E-state index is 12.9. The van der Waals surface area contributed by atoms with Crippen LogP contribution in [0.4, 0.5) is 23.4 Å². The topological polar surface area (TPSA) is 38.2 Å². The van der Waals surface area contributed by atoms with Crippen LogP contribution >= 0.6 is 0 Å². The summed E-state index contributed by atoms with van der Waals surface area (Å²) in [6.45, 7) is -2.63. The largest absolute Gasteiger partial charge is 0.415 e. The maximum atomic E-state index is 12.9. The van der Waals surface area contributed by atoms with E-state index in [9.17, 15) is 17.6 Å². The number of aromatic nitrogens is 2. The Kier molecular flexibility index (Phi) is 3.53. The van der Waals surface area contributed by atoms with E-state index in [4.69, 9.17) is 0 Å². The minimum Gasteiger partial charge on any atom is -0.415 e. The minimum atomic E-state index is -2.96. The highest BCUT2D eigenvalue weighted by atomic mass is 19.3. The molecule has 0 spiro atoms. The van der Waals surface area contributed by atoms with Crippen molar-refractivity contribution in [1.29, 1.82) is 0 Å². The van der Waals surface area contributed by atoms with Gasteiger partial charge in [-0.1, -0.05) is 0 Å². The Bertz CT molecular complexity index is 389. The van der Waals surface area contributed by atoms with Crippen LogP contribution in [0.2, 0.25) is 0 Å². The predicted molar refractivity (Wildman–Crippen MR) is 55.1 cm³/mol. The van der Waals surface area contributed by atoms with Crippen molar-refractivity contribution in [3.63, 3.8) is 0 Å². The second kappa shape index (κ2) is 4.95. The van der Waals surface area contributed by atoms with E-state index in [1.807, 2.05) is 0 Å². The first-order valence-corrected chi connectivity index (χ1v) is 5.36. The fourth-order valence-electron chi connectivity index (χ4n) is 1.69. The molecule has 8 heteroatoms. The number of hydrogen-bond donors (Lipinski definition) is 0. The van der Waals surface area contributed by atoms with Crippen molar-refractivity contribution < 1.29 is 22.3 Å². The third kappa shape index (κ3) is 3.21. The van der Waals surface area contributed by atoms with Crippen molar-refractivity contribution in [1.82, 2.24) is 9.97 Å². The van der Waals surface area contributed by atoms with Crippen LogP contribution in [0.5, 0.6) is 5.88 Å². The van der Waals surface area contributed by atoms with Crippen molar-refractivity contribution in [2.45, 2.75) is 25.4 Å². The Morgan fingerprint density at radius 3 is 2.33 bits per heavy atom. The molecule has 4 nitrogen and oxygen atoms in total. The molecule has 1 saturated heterocycles. The third-order valence-electron chi connectivity index (χ3n) is 2.64. The first kappa shape index (κ1) is 12.8. The van der Waals surface area contributed by atoms with E-state index >= 15 is 0 Å².